The Bertz CT molecular complexity index is 970. The van der Waals surface area contributed by atoms with Crippen molar-refractivity contribution in [2.45, 2.75) is 13.3 Å². The lowest BCUT2D eigenvalue weighted by Gasteiger charge is -2.08. The number of hydrogen-bond acceptors (Lipinski definition) is 5. The van der Waals surface area contributed by atoms with Crippen LogP contribution in [-0.4, -0.2) is 23.9 Å². The molecule has 0 unspecified atom stereocenters. The van der Waals surface area contributed by atoms with Crippen molar-refractivity contribution in [3.8, 4) is 5.75 Å². The summed E-state index contributed by atoms with van der Waals surface area (Å²) in [5.41, 5.74) is 1.87. The minimum absolute atomic E-state index is 0.125. The largest absolute Gasteiger partial charge is 0.494 e. The molecule has 2 aromatic carbocycles. The predicted octanol–water partition coefficient (Wildman–Crippen LogP) is 3.58. The molecular weight excluding hydrogens is 357 g/mol. The van der Waals surface area contributed by atoms with Crippen LogP contribution in [0, 0.1) is 5.82 Å². The standard InChI is InChI=1S/C18H16FN3O3S/c1-10(23)20-18-22-17-14(25-2)8-13(9-15(17)26-18)21-16(24)7-11-3-5-12(19)6-4-11/h3-6,8-9H,7H2,1-2H3,(H,21,24)(H,20,22,23). The van der Waals surface area contributed by atoms with Gasteiger partial charge in [-0.25, -0.2) is 9.37 Å². The Morgan fingerprint density at radius 2 is 1.92 bits per heavy atom. The van der Waals surface area contributed by atoms with E-state index in [1.807, 2.05) is 0 Å². The average molecular weight is 373 g/mol. The van der Waals surface area contributed by atoms with Gasteiger partial charge in [0.2, 0.25) is 11.8 Å². The first-order valence-electron chi connectivity index (χ1n) is 7.75. The number of aromatic nitrogens is 1. The van der Waals surface area contributed by atoms with Crippen LogP contribution < -0.4 is 15.4 Å². The van der Waals surface area contributed by atoms with Crippen molar-refractivity contribution in [3.63, 3.8) is 0 Å². The summed E-state index contributed by atoms with van der Waals surface area (Å²) in [4.78, 5) is 27.8. The fraction of sp³-hybridized carbons (Fsp3) is 0.167. The van der Waals surface area contributed by atoms with Gasteiger partial charge in [0.1, 0.15) is 17.1 Å². The van der Waals surface area contributed by atoms with Crippen molar-refractivity contribution in [2.75, 3.05) is 17.7 Å². The van der Waals surface area contributed by atoms with Gasteiger partial charge in [-0.15, -0.1) is 0 Å². The second-order valence-electron chi connectivity index (χ2n) is 5.58. The number of nitrogens with one attached hydrogen (secondary N) is 2. The number of anilines is 2. The van der Waals surface area contributed by atoms with Crippen LogP contribution in [0.3, 0.4) is 0 Å². The number of benzene rings is 2. The van der Waals surface area contributed by atoms with E-state index >= 15 is 0 Å². The van der Waals surface area contributed by atoms with E-state index in [-0.39, 0.29) is 24.1 Å². The minimum Gasteiger partial charge on any atom is -0.494 e. The monoisotopic (exact) mass is 373 g/mol. The summed E-state index contributed by atoms with van der Waals surface area (Å²) < 4.78 is 19.0. The van der Waals surface area contributed by atoms with Gasteiger partial charge in [-0.05, 0) is 23.8 Å². The van der Waals surface area contributed by atoms with Crippen LogP contribution in [0.25, 0.3) is 10.2 Å². The Labute approximate surface area is 153 Å². The highest BCUT2D eigenvalue weighted by Gasteiger charge is 2.13. The maximum atomic E-state index is 12.9. The zero-order valence-corrected chi connectivity index (χ0v) is 14.9. The Kier molecular flexibility index (Phi) is 5.13. The van der Waals surface area contributed by atoms with Crippen LogP contribution in [0.5, 0.6) is 5.75 Å². The van der Waals surface area contributed by atoms with Gasteiger partial charge in [-0.1, -0.05) is 23.5 Å². The van der Waals surface area contributed by atoms with Gasteiger partial charge in [-0.2, -0.15) is 0 Å². The number of thiazole rings is 1. The van der Waals surface area contributed by atoms with Gasteiger partial charge in [-0.3, -0.25) is 9.59 Å². The van der Waals surface area contributed by atoms with E-state index < -0.39 is 0 Å². The Hall–Kier alpha value is -3.00. The van der Waals surface area contributed by atoms with Crippen molar-refractivity contribution in [3.05, 3.63) is 47.8 Å². The number of hydrogen-bond donors (Lipinski definition) is 2. The molecule has 8 heteroatoms. The zero-order chi connectivity index (χ0) is 18.7. The fourth-order valence-electron chi connectivity index (χ4n) is 2.42. The average Bonchev–Trinajstić information content (AvgIpc) is 2.97. The third-order valence-corrected chi connectivity index (χ3v) is 4.44. The van der Waals surface area contributed by atoms with Crippen LogP contribution in [0.2, 0.25) is 0 Å². The summed E-state index contributed by atoms with van der Waals surface area (Å²) in [7, 11) is 1.51. The van der Waals surface area contributed by atoms with Gasteiger partial charge in [0.15, 0.2) is 5.13 Å². The summed E-state index contributed by atoms with van der Waals surface area (Å²) >= 11 is 1.29. The van der Waals surface area contributed by atoms with Gasteiger partial charge >= 0.3 is 0 Å². The topological polar surface area (TPSA) is 80.3 Å². The molecule has 3 aromatic rings. The molecule has 1 heterocycles. The third-order valence-electron chi connectivity index (χ3n) is 3.52. The molecule has 0 radical (unpaired) electrons. The van der Waals surface area contributed by atoms with E-state index in [1.165, 1.54) is 37.5 Å². The van der Waals surface area contributed by atoms with Crippen molar-refractivity contribution in [2.24, 2.45) is 0 Å². The number of ether oxygens (including phenoxy) is 1. The summed E-state index contributed by atoms with van der Waals surface area (Å²) in [5.74, 6) is -0.294. The van der Waals surface area contributed by atoms with E-state index in [0.29, 0.717) is 27.6 Å². The number of fused-ring (bicyclic) bond motifs is 1. The van der Waals surface area contributed by atoms with Gasteiger partial charge < -0.3 is 15.4 Å². The van der Waals surface area contributed by atoms with E-state index in [4.69, 9.17) is 4.74 Å². The van der Waals surface area contributed by atoms with Crippen LogP contribution in [0.15, 0.2) is 36.4 Å². The molecule has 134 valence electrons. The number of rotatable bonds is 5. The summed E-state index contributed by atoms with van der Waals surface area (Å²) in [6.07, 6.45) is 0.125. The van der Waals surface area contributed by atoms with Gasteiger partial charge in [0, 0.05) is 18.7 Å². The SMILES string of the molecule is COc1cc(NC(=O)Cc2ccc(F)cc2)cc2sc(NC(C)=O)nc12. The molecule has 0 saturated heterocycles. The first-order chi connectivity index (χ1) is 12.4. The van der Waals surface area contributed by atoms with Crippen molar-refractivity contribution in [1.82, 2.24) is 4.98 Å². The lowest BCUT2D eigenvalue weighted by molar-refractivity contribution is -0.116. The molecule has 0 aliphatic heterocycles. The Morgan fingerprint density at radius 1 is 1.19 bits per heavy atom. The van der Waals surface area contributed by atoms with E-state index in [9.17, 15) is 14.0 Å². The molecule has 0 saturated carbocycles. The molecule has 0 aliphatic rings. The quantitative estimate of drug-likeness (QED) is 0.716. The molecule has 0 bridgehead atoms. The number of methoxy groups -OCH3 is 1. The molecule has 2 N–H and O–H groups in total. The predicted molar refractivity (Wildman–Crippen MR) is 99.2 cm³/mol. The molecule has 0 fully saturated rings. The normalized spacial score (nSPS) is 10.6. The molecule has 3 rings (SSSR count). The fourth-order valence-corrected chi connectivity index (χ4v) is 3.39. The number of carbonyl (C=O) groups is 2. The molecule has 0 spiro atoms. The molecule has 1 aromatic heterocycles. The second-order valence-corrected chi connectivity index (χ2v) is 6.61. The third kappa shape index (κ3) is 4.15. The summed E-state index contributed by atoms with van der Waals surface area (Å²) in [6, 6.07) is 9.21. The van der Waals surface area contributed by atoms with E-state index in [2.05, 4.69) is 15.6 Å². The first-order valence-corrected chi connectivity index (χ1v) is 8.56. The Balaban J connectivity index is 1.81. The molecule has 0 aliphatic carbocycles. The van der Waals surface area contributed by atoms with Crippen molar-refractivity contribution < 1.29 is 18.7 Å². The molecule has 0 atom stereocenters. The molecular formula is C18H16FN3O3S. The maximum absolute atomic E-state index is 12.9. The zero-order valence-electron chi connectivity index (χ0n) is 14.1. The van der Waals surface area contributed by atoms with Crippen molar-refractivity contribution >= 4 is 44.2 Å². The smallest absolute Gasteiger partial charge is 0.228 e. The van der Waals surface area contributed by atoms with Gasteiger partial charge in [0.05, 0.1) is 18.2 Å². The van der Waals surface area contributed by atoms with Crippen LogP contribution >= 0.6 is 11.3 Å². The number of amides is 2. The highest BCUT2D eigenvalue weighted by Crippen LogP contribution is 2.35. The highest BCUT2D eigenvalue weighted by atomic mass is 32.1. The van der Waals surface area contributed by atoms with Crippen molar-refractivity contribution in [1.29, 1.82) is 0 Å². The molecule has 2 amide bonds. The highest BCUT2D eigenvalue weighted by molar-refractivity contribution is 7.22. The van der Waals surface area contributed by atoms with E-state index in [0.717, 1.165) is 4.70 Å². The minimum atomic E-state index is -0.343. The molecule has 6 nitrogen and oxygen atoms in total. The first kappa shape index (κ1) is 17.8. The maximum Gasteiger partial charge on any atom is 0.228 e. The van der Waals surface area contributed by atoms with Crippen LogP contribution in [-0.2, 0) is 16.0 Å². The number of carbonyl (C=O) groups excluding carboxylic acids is 2. The molecule has 26 heavy (non-hydrogen) atoms. The summed E-state index contributed by atoms with van der Waals surface area (Å²) in [6.45, 7) is 1.41. The number of halogens is 1. The second kappa shape index (κ2) is 7.49. The lowest BCUT2D eigenvalue weighted by Crippen LogP contribution is -2.14. The van der Waals surface area contributed by atoms with Crippen LogP contribution in [0.1, 0.15) is 12.5 Å². The summed E-state index contributed by atoms with van der Waals surface area (Å²) in [5, 5.41) is 5.90. The van der Waals surface area contributed by atoms with E-state index in [1.54, 1.807) is 24.3 Å². The Morgan fingerprint density at radius 3 is 2.58 bits per heavy atom. The number of nitrogens with zero attached hydrogens (tertiary/aromatic N) is 1. The van der Waals surface area contributed by atoms with Crippen LogP contribution in [0.4, 0.5) is 15.2 Å². The van der Waals surface area contributed by atoms with Gasteiger partial charge in [0.25, 0.3) is 0 Å². The lowest BCUT2D eigenvalue weighted by atomic mass is 10.1.